The Morgan fingerprint density at radius 3 is 2.38 bits per heavy atom. The molecule has 0 bridgehead atoms. The molecule has 0 unspecified atom stereocenters. The van der Waals surface area contributed by atoms with Gasteiger partial charge < -0.3 is 10.4 Å². The average Bonchev–Trinajstić information content (AvgIpc) is 2.61. The van der Waals surface area contributed by atoms with E-state index in [1.807, 2.05) is 19.9 Å². The van der Waals surface area contributed by atoms with Crippen molar-refractivity contribution in [3.63, 3.8) is 0 Å². The zero-order valence-corrected chi connectivity index (χ0v) is 10.3. The van der Waals surface area contributed by atoms with Gasteiger partial charge in [-0.25, -0.2) is 0 Å². The van der Waals surface area contributed by atoms with Crippen LogP contribution < -0.4 is 5.32 Å². The highest BCUT2D eigenvalue weighted by atomic mass is 16.3. The highest BCUT2D eigenvalue weighted by molar-refractivity contribution is 5.21. The summed E-state index contributed by atoms with van der Waals surface area (Å²) in [7, 11) is 0. The summed E-state index contributed by atoms with van der Waals surface area (Å²) >= 11 is 0. The van der Waals surface area contributed by atoms with Crippen molar-refractivity contribution in [2.45, 2.75) is 44.9 Å². The van der Waals surface area contributed by atoms with Crippen LogP contribution in [0.1, 0.15) is 38.8 Å². The summed E-state index contributed by atoms with van der Waals surface area (Å²) in [5.41, 5.74) is 0.680. The predicted octanol–water partition coefficient (Wildman–Crippen LogP) is 2.50. The van der Waals surface area contributed by atoms with Gasteiger partial charge in [0.25, 0.3) is 0 Å². The zero-order chi connectivity index (χ0) is 11.8. The molecule has 3 atom stereocenters. The molecule has 1 aliphatic rings. The fourth-order valence-electron chi connectivity index (χ4n) is 2.53. The van der Waals surface area contributed by atoms with E-state index in [1.165, 1.54) is 5.56 Å². The van der Waals surface area contributed by atoms with Gasteiger partial charge in [-0.2, -0.15) is 0 Å². The number of rotatable bonds is 2. The van der Waals surface area contributed by atoms with Crippen LogP contribution in [-0.2, 0) is 0 Å². The van der Waals surface area contributed by atoms with Crippen LogP contribution in [0.4, 0.5) is 0 Å². The Labute approximate surface area is 97.7 Å². The third-order valence-electron chi connectivity index (χ3n) is 3.57. The first-order chi connectivity index (χ1) is 7.48. The Hall–Kier alpha value is -0.860. The molecule has 16 heavy (non-hydrogen) atoms. The van der Waals surface area contributed by atoms with E-state index >= 15 is 0 Å². The molecule has 1 aliphatic heterocycles. The van der Waals surface area contributed by atoms with Crippen molar-refractivity contribution >= 4 is 0 Å². The van der Waals surface area contributed by atoms with E-state index in [0.29, 0.717) is 12.0 Å². The quantitative estimate of drug-likeness (QED) is 0.801. The summed E-state index contributed by atoms with van der Waals surface area (Å²) in [5, 5.41) is 13.6. The van der Waals surface area contributed by atoms with Crippen LogP contribution in [0.3, 0.4) is 0 Å². The summed E-state index contributed by atoms with van der Waals surface area (Å²) in [5.74, 6) is 0.568. The van der Waals surface area contributed by atoms with Gasteiger partial charge in [0, 0.05) is 12.1 Å². The molecule has 1 aromatic carbocycles. The lowest BCUT2D eigenvalue weighted by molar-refractivity contribution is 0.0426. The second kappa shape index (κ2) is 4.19. The van der Waals surface area contributed by atoms with Crippen LogP contribution in [0.15, 0.2) is 30.3 Å². The maximum Gasteiger partial charge on any atom is 0.0744 e. The topological polar surface area (TPSA) is 32.3 Å². The van der Waals surface area contributed by atoms with Crippen LogP contribution in [0.2, 0.25) is 0 Å². The van der Waals surface area contributed by atoms with Crippen LogP contribution in [0, 0.1) is 5.92 Å². The number of aliphatic hydroxyl groups is 1. The van der Waals surface area contributed by atoms with E-state index in [9.17, 15) is 5.11 Å². The zero-order valence-electron chi connectivity index (χ0n) is 10.3. The van der Waals surface area contributed by atoms with E-state index in [1.54, 1.807) is 0 Å². The van der Waals surface area contributed by atoms with E-state index in [-0.39, 0.29) is 6.04 Å². The van der Waals surface area contributed by atoms with E-state index in [2.05, 4.69) is 36.5 Å². The molecule has 88 valence electrons. The van der Waals surface area contributed by atoms with Gasteiger partial charge in [-0.05, 0) is 31.7 Å². The summed E-state index contributed by atoms with van der Waals surface area (Å²) < 4.78 is 0. The van der Waals surface area contributed by atoms with Crippen molar-refractivity contribution in [2.24, 2.45) is 5.92 Å². The lowest BCUT2D eigenvalue weighted by Crippen LogP contribution is -2.43. The lowest BCUT2D eigenvalue weighted by atomic mass is 9.92. The Balaban J connectivity index is 2.15. The Kier molecular flexibility index (Phi) is 3.04. The van der Waals surface area contributed by atoms with E-state index in [4.69, 9.17) is 0 Å². The molecule has 0 aliphatic carbocycles. The lowest BCUT2D eigenvalue weighted by Gasteiger charge is -2.26. The SMILES string of the molecule is C[C@H]1C[C@H](C(C)(C)O)N[C@@H]1c1ccccc1. The van der Waals surface area contributed by atoms with E-state index < -0.39 is 5.60 Å². The van der Waals surface area contributed by atoms with Crippen molar-refractivity contribution in [2.75, 3.05) is 0 Å². The molecular formula is C14H21NO. The van der Waals surface area contributed by atoms with E-state index in [0.717, 1.165) is 6.42 Å². The minimum atomic E-state index is -0.641. The standard InChI is InChI=1S/C14H21NO/c1-10-9-12(14(2,3)16)15-13(10)11-7-5-4-6-8-11/h4-8,10,12-13,15-16H,9H2,1-3H3/t10-,12+,13-/m0/s1. The number of benzene rings is 1. The first-order valence-corrected chi connectivity index (χ1v) is 6.02. The van der Waals surface area contributed by atoms with Gasteiger partial charge in [0.15, 0.2) is 0 Å². The average molecular weight is 219 g/mol. The van der Waals surface area contributed by atoms with Crippen LogP contribution >= 0.6 is 0 Å². The smallest absolute Gasteiger partial charge is 0.0744 e. The molecule has 1 aromatic rings. The number of nitrogens with one attached hydrogen (secondary N) is 1. The fourth-order valence-corrected chi connectivity index (χ4v) is 2.53. The van der Waals surface area contributed by atoms with Gasteiger partial charge in [-0.1, -0.05) is 37.3 Å². The van der Waals surface area contributed by atoms with Crippen LogP contribution in [0.25, 0.3) is 0 Å². The third-order valence-corrected chi connectivity index (χ3v) is 3.57. The molecule has 2 nitrogen and oxygen atoms in total. The van der Waals surface area contributed by atoms with Crippen LogP contribution in [-0.4, -0.2) is 16.7 Å². The normalized spacial score (nSPS) is 30.6. The molecule has 2 rings (SSSR count). The molecule has 1 fully saturated rings. The first-order valence-electron chi connectivity index (χ1n) is 6.02. The molecule has 0 amide bonds. The molecule has 2 heteroatoms. The third kappa shape index (κ3) is 2.28. The Bertz CT molecular complexity index is 342. The maximum absolute atomic E-state index is 10.0. The summed E-state index contributed by atoms with van der Waals surface area (Å²) in [4.78, 5) is 0. The van der Waals surface area contributed by atoms with Gasteiger partial charge in [-0.3, -0.25) is 0 Å². The van der Waals surface area contributed by atoms with Crippen molar-refractivity contribution < 1.29 is 5.11 Å². The molecule has 0 saturated carbocycles. The molecule has 1 saturated heterocycles. The van der Waals surface area contributed by atoms with Crippen molar-refractivity contribution in [3.05, 3.63) is 35.9 Å². The monoisotopic (exact) mass is 219 g/mol. The fraction of sp³-hybridized carbons (Fsp3) is 0.571. The predicted molar refractivity (Wildman–Crippen MR) is 66.2 cm³/mol. The second-order valence-corrected chi connectivity index (χ2v) is 5.47. The summed E-state index contributed by atoms with van der Waals surface area (Å²) in [6, 6.07) is 11.0. The van der Waals surface area contributed by atoms with Crippen molar-refractivity contribution in [1.82, 2.24) is 5.32 Å². The highest BCUT2D eigenvalue weighted by Gasteiger charge is 2.38. The number of hydrogen-bond donors (Lipinski definition) is 2. The molecule has 0 spiro atoms. The van der Waals surface area contributed by atoms with Crippen molar-refractivity contribution in [1.29, 1.82) is 0 Å². The van der Waals surface area contributed by atoms with Gasteiger partial charge in [0.1, 0.15) is 0 Å². The first kappa shape index (κ1) is 11.6. The summed E-state index contributed by atoms with van der Waals surface area (Å²) in [6.45, 7) is 6.01. The molecule has 2 N–H and O–H groups in total. The molecule has 0 aromatic heterocycles. The minimum absolute atomic E-state index is 0.188. The highest BCUT2D eigenvalue weighted by Crippen LogP contribution is 2.35. The Morgan fingerprint density at radius 1 is 1.25 bits per heavy atom. The van der Waals surface area contributed by atoms with Crippen molar-refractivity contribution in [3.8, 4) is 0 Å². The molecule has 0 radical (unpaired) electrons. The van der Waals surface area contributed by atoms with Gasteiger partial charge in [0.2, 0.25) is 0 Å². The largest absolute Gasteiger partial charge is 0.389 e. The minimum Gasteiger partial charge on any atom is -0.389 e. The maximum atomic E-state index is 10.0. The molecule has 1 heterocycles. The second-order valence-electron chi connectivity index (χ2n) is 5.47. The molecular weight excluding hydrogens is 198 g/mol. The summed E-state index contributed by atoms with van der Waals surface area (Å²) in [6.07, 6.45) is 1.03. The van der Waals surface area contributed by atoms with Crippen LogP contribution in [0.5, 0.6) is 0 Å². The number of hydrogen-bond acceptors (Lipinski definition) is 2. The van der Waals surface area contributed by atoms with Gasteiger partial charge in [-0.15, -0.1) is 0 Å². The Morgan fingerprint density at radius 2 is 1.88 bits per heavy atom. The van der Waals surface area contributed by atoms with Gasteiger partial charge >= 0.3 is 0 Å². The van der Waals surface area contributed by atoms with Gasteiger partial charge in [0.05, 0.1) is 5.60 Å².